The summed E-state index contributed by atoms with van der Waals surface area (Å²) in [6.45, 7) is 3.72. The van der Waals surface area contributed by atoms with Crippen molar-refractivity contribution in [3.63, 3.8) is 0 Å². The highest BCUT2D eigenvalue weighted by molar-refractivity contribution is 5.72. The molecular formula is C15H16FNO. The van der Waals surface area contributed by atoms with Crippen molar-refractivity contribution in [2.24, 2.45) is 0 Å². The van der Waals surface area contributed by atoms with Gasteiger partial charge in [0.05, 0.1) is 7.11 Å². The first kappa shape index (κ1) is 12.4. The minimum Gasteiger partial charge on any atom is -0.497 e. The predicted octanol–water partition coefficient (Wildman–Crippen LogP) is 3.70. The van der Waals surface area contributed by atoms with E-state index in [-0.39, 0.29) is 5.82 Å². The van der Waals surface area contributed by atoms with Gasteiger partial charge in [0.1, 0.15) is 11.6 Å². The molecule has 18 heavy (non-hydrogen) atoms. The summed E-state index contributed by atoms with van der Waals surface area (Å²) in [5.74, 6) is 0.506. The lowest BCUT2D eigenvalue weighted by molar-refractivity contribution is 0.414. The molecular weight excluding hydrogens is 229 g/mol. The number of benzene rings is 2. The van der Waals surface area contributed by atoms with Crippen LogP contribution in [0.3, 0.4) is 0 Å². The van der Waals surface area contributed by atoms with E-state index in [0.29, 0.717) is 11.3 Å². The third kappa shape index (κ3) is 2.16. The van der Waals surface area contributed by atoms with Gasteiger partial charge in [-0.15, -0.1) is 0 Å². The first-order valence-corrected chi connectivity index (χ1v) is 5.73. The van der Waals surface area contributed by atoms with Crippen molar-refractivity contribution in [1.29, 1.82) is 0 Å². The fourth-order valence-corrected chi connectivity index (χ4v) is 1.96. The fraction of sp³-hybridized carbons (Fsp3) is 0.200. The van der Waals surface area contributed by atoms with Crippen LogP contribution in [-0.2, 0) is 0 Å². The third-order valence-corrected chi connectivity index (χ3v) is 3.08. The Hall–Kier alpha value is -2.03. The summed E-state index contributed by atoms with van der Waals surface area (Å²) in [5, 5.41) is 0. The number of hydrogen-bond acceptors (Lipinski definition) is 2. The van der Waals surface area contributed by atoms with Gasteiger partial charge in [-0.1, -0.05) is 6.07 Å². The Labute approximate surface area is 106 Å². The molecule has 0 aliphatic carbocycles. The van der Waals surface area contributed by atoms with Crippen LogP contribution in [0, 0.1) is 19.7 Å². The highest BCUT2D eigenvalue weighted by Crippen LogP contribution is 2.31. The fourth-order valence-electron chi connectivity index (χ4n) is 1.96. The minimum absolute atomic E-state index is 0.255. The normalized spacial score (nSPS) is 10.4. The predicted molar refractivity (Wildman–Crippen MR) is 72.3 cm³/mol. The topological polar surface area (TPSA) is 35.2 Å². The van der Waals surface area contributed by atoms with Crippen molar-refractivity contribution in [2.75, 3.05) is 12.8 Å². The number of anilines is 1. The van der Waals surface area contributed by atoms with E-state index in [4.69, 9.17) is 10.5 Å². The first-order valence-electron chi connectivity index (χ1n) is 5.73. The zero-order valence-electron chi connectivity index (χ0n) is 10.8. The molecule has 3 heteroatoms. The van der Waals surface area contributed by atoms with Crippen molar-refractivity contribution >= 4 is 5.69 Å². The van der Waals surface area contributed by atoms with Gasteiger partial charge in [0, 0.05) is 11.3 Å². The van der Waals surface area contributed by atoms with E-state index >= 15 is 0 Å². The van der Waals surface area contributed by atoms with Gasteiger partial charge in [-0.25, -0.2) is 4.39 Å². The van der Waals surface area contributed by atoms with Crippen LogP contribution < -0.4 is 10.5 Å². The molecule has 0 aliphatic rings. The van der Waals surface area contributed by atoms with Gasteiger partial charge >= 0.3 is 0 Å². The molecule has 2 N–H and O–H groups in total. The van der Waals surface area contributed by atoms with E-state index in [2.05, 4.69) is 0 Å². The van der Waals surface area contributed by atoms with Crippen LogP contribution >= 0.6 is 0 Å². The summed E-state index contributed by atoms with van der Waals surface area (Å²) < 4.78 is 19.1. The molecule has 0 amide bonds. The molecule has 2 nitrogen and oxygen atoms in total. The number of ether oxygens (including phenoxy) is 1. The van der Waals surface area contributed by atoms with E-state index in [1.54, 1.807) is 20.1 Å². The van der Waals surface area contributed by atoms with Gasteiger partial charge in [0.25, 0.3) is 0 Å². The maximum absolute atomic E-state index is 14.0. The number of nitrogen functional groups attached to an aromatic ring is 1. The SMILES string of the molecule is COc1ccc(-c2cc(N)c(C)cc2F)c(C)c1. The van der Waals surface area contributed by atoms with Gasteiger partial charge in [0.2, 0.25) is 0 Å². The lowest BCUT2D eigenvalue weighted by atomic mass is 9.98. The lowest BCUT2D eigenvalue weighted by Gasteiger charge is -2.11. The highest BCUT2D eigenvalue weighted by atomic mass is 19.1. The second kappa shape index (κ2) is 4.69. The molecule has 2 aromatic rings. The number of hydrogen-bond donors (Lipinski definition) is 1. The Morgan fingerprint density at radius 1 is 1.00 bits per heavy atom. The molecule has 94 valence electrons. The Morgan fingerprint density at radius 2 is 1.72 bits per heavy atom. The number of nitrogens with two attached hydrogens (primary N) is 1. The Bertz CT molecular complexity index is 593. The largest absolute Gasteiger partial charge is 0.497 e. The molecule has 0 bridgehead atoms. The highest BCUT2D eigenvalue weighted by Gasteiger charge is 2.10. The average molecular weight is 245 g/mol. The second-order valence-electron chi connectivity index (χ2n) is 4.37. The average Bonchev–Trinajstić information content (AvgIpc) is 2.34. The van der Waals surface area contributed by atoms with E-state index in [0.717, 1.165) is 22.4 Å². The maximum Gasteiger partial charge on any atom is 0.131 e. The monoisotopic (exact) mass is 245 g/mol. The van der Waals surface area contributed by atoms with E-state index < -0.39 is 0 Å². The molecule has 0 radical (unpaired) electrons. The molecule has 2 aromatic carbocycles. The number of halogens is 1. The van der Waals surface area contributed by atoms with Crippen LogP contribution in [0.4, 0.5) is 10.1 Å². The van der Waals surface area contributed by atoms with E-state index in [9.17, 15) is 4.39 Å². The summed E-state index contributed by atoms with van der Waals surface area (Å²) in [6, 6.07) is 8.69. The molecule has 0 atom stereocenters. The zero-order valence-corrected chi connectivity index (χ0v) is 10.8. The molecule has 2 rings (SSSR count). The van der Waals surface area contributed by atoms with Crippen molar-refractivity contribution in [1.82, 2.24) is 0 Å². The van der Waals surface area contributed by atoms with Crippen LogP contribution in [0.1, 0.15) is 11.1 Å². The minimum atomic E-state index is -0.255. The smallest absolute Gasteiger partial charge is 0.131 e. The molecule has 0 aromatic heterocycles. The zero-order chi connectivity index (χ0) is 13.3. The molecule has 0 spiro atoms. The van der Waals surface area contributed by atoms with Crippen molar-refractivity contribution in [3.05, 3.63) is 47.3 Å². The van der Waals surface area contributed by atoms with Crippen LogP contribution in [0.5, 0.6) is 5.75 Å². The van der Waals surface area contributed by atoms with Crippen molar-refractivity contribution in [3.8, 4) is 16.9 Å². The van der Waals surface area contributed by atoms with Gasteiger partial charge in [-0.2, -0.15) is 0 Å². The molecule has 0 saturated heterocycles. The van der Waals surface area contributed by atoms with Crippen LogP contribution in [-0.4, -0.2) is 7.11 Å². The molecule has 0 heterocycles. The van der Waals surface area contributed by atoms with E-state index in [1.807, 2.05) is 25.1 Å². The van der Waals surface area contributed by atoms with Gasteiger partial charge in [-0.05, 0) is 54.8 Å². The number of aryl methyl sites for hydroxylation is 2. The molecule has 0 saturated carbocycles. The maximum atomic E-state index is 14.0. The standard InChI is InChI=1S/C15H16FNO/c1-9-6-11(18-3)4-5-12(9)13-8-15(17)10(2)7-14(13)16/h4-8H,17H2,1-3H3. The summed E-state index contributed by atoms with van der Waals surface area (Å²) in [6.07, 6.45) is 0. The summed E-state index contributed by atoms with van der Waals surface area (Å²) >= 11 is 0. The summed E-state index contributed by atoms with van der Waals surface area (Å²) in [5.41, 5.74) is 9.51. The van der Waals surface area contributed by atoms with Crippen LogP contribution in [0.25, 0.3) is 11.1 Å². The van der Waals surface area contributed by atoms with Crippen LogP contribution in [0.15, 0.2) is 30.3 Å². The van der Waals surface area contributed by atoms with Crippen LogP contribution in [0.2, 0.25) is 0 Å². The van der Waals surface area contributed by atoms with Gasteiger partial charge in [-0.3, -0.25) is 0 Å². The quantitative estimate of drug-likeness (QED) is 0.819. The van der Waals surface area contributed by atoms with Crippen molar-refractivity contribution in [2.45, 2.75) is 13.8 Å². The third-order valence-electron chi connectivity index (χ3n) is 3.08. The first-order chi connectivity index (χ1) is 8.52. The number of methoxy groups -OCH3 is 1. The van der Waals surface area contributed by atoms with Crippen molar-refractivity contribution < 1.29 is 9.13 Å². The Balaban J connectivity index is 2.58. The summed E-state index contributed by atoms with van der Waals surface area (Å²) in [7, 11) is 1.61. The Morgan fingerprint density at radius 3 is 2.33 bits per heavy atom. The summed E-state index contributed by atoms with van der Waals surface area (Å²) in [4.78, 5) is 0. The lowest BCUT2D eigenvalue weighted by Crippen LogP contribution is -1.95. The van der Waals surface area contributed by atoms with Gasteiger partial charge < -0.3 is 10.5 Å². The molecule has 0 unspecified atom stereocenters. The van der Waals surface area contributed by atoms with E-state index in [1.165, 1.54) is 6.07 Å². The molecule has 0 aliphatic heterocycles. The second-order valence-corrected chi connectivity index (χ2v) is 4.37. The Kier molecular flexibility index (Phi) is 3.24. The van der Waals surface area contributed by atoms with Gasteiger partial charge in [0.15, 0.2) is 0 Å². The molecule has 0 fully saturated rings. The number of rotatable bonds is 2.